The van der Waals surface area contributed by atoms with Gasteiger partial charge in [-0.25, -0.2) is 14.8 Å². The van der Waals surface area contributed by atoms with Gasteiger partial charge in [0.15, 0.2) is 5.69 Å². The molecule has 0 aromatic carbocycles. The monoisotopic (exact) mass is 286 g/mol. The number of aromatic carboxylic acids is 1. The van der Waals surface area contributed by atoms with Crippen LogP contribution >= 0.6 is 0 Å². The maximum absolute atomic E-state index is 10.6. The van der Waals surface area contributed by atoms with E-state index in [1.54, 1.807) is 7.11 Å². The number of aromatic nitrogens is 2. The van der Waals surface area contributed by atoms with Crippen molar-refractivity contribution in [2.45, 2.75) is 0 Å². The number of ether oxygens (including phenoxy) is 4. The van der Waals surface area contributed by atoms with E-state index >= 15 is 0 Å². The molecule has 0 bridgehead atoms. The molecule has 1 rings (SSSR count). The first kappa shape index (κ1) is 16.3. The second-order valence-electron chi connectivity index (χ2n) is 3.61. The minimum Gasteiger partial charge on any atom is -0.476 e. The lowest BCUT2D eigenvalue weighted by molar-refractivity contribution is 0.0176. The molecular formula is C12H18N2O6. The molecule has 1 aromatic rings. The molecule has 0 saturated carbocycles. The van der Waals surface area contributed by atoms with E-state index in [1.165, 1.54) is 6.20 Å². The fourth-order valence-electron chi connectivity index (χ4n) is 1.17. The van der Waals surface area contributed by atoms with Crippen LogP contribution in [0, 0.1) is 0 Å². The SMILES string of the molecule is COCCOCCOCCOc1cnc(C(=O)O)cn1. The summed E-state index contributed by atoms with van der Waals surface area (Å²) in [5, 5.41) is 8.64. The number of hydrogen-bond acceptors (Lipinski definition) is 7. The summed E-state index contributed by atoms with van der Waals surface area (Å²) in [5.41, 5.74) is -0.123. The van der Waals surface area contributed by atoms with Crippen LogP contribution < -0.4 is 4.74 Å². The molecule has 8 heteroatoms. The molecule has 0 aliphatic rings. The van der Waals surface area contributed by atoms with Crippen LogP contribution in [0.25, 0.3) is 0 Å². The number of methoxy groups -OCH3 is 1. The van der Waals surface area contributed by atoms with Crippen molar-refractivity contribution in [3.63, 3.8) is 0 Å². The molecule has 0 unspecified atom stereocenters. The van der Waals surface area contributed by atoms with E-state index in [-0.39, 0.29) is 11.6 Å². The van der Waals surface area contributed by atoms with Gasteiger partial charge in [-0.2, -0.15) is 0 Å². The predicted octanol–water partition coefficient (Wildman–Crippen LogP) is 0.233. The van der Waals surface area contributed by atoms with E-state index in [9.17, 15) is 4.79 Å². The lowest BCUT2D eigenvalue weighted by atomic mass is 10.5. The molecule has 0 radical (unpaired) electrons. The second kappa shape index (κ2) is 10.1. The predicted molar refractivity (Wildman–Crippen MR) is 68.0 cm³/mol. The first-order valence-electron chi connectivity index (χ1n) is 6.06. The van der Waals surface area contributed by atoms with Gasteiger partial charge in [0.05, 0.1) is 45.4 Å². The maximum Gasteiger partial charge on any atom is 0.356 e. The quantitative estimate of drug-likeness (QED) is 0.577. The van der Waals surface area contributed by atoms with E-state index < -0.39 is 5.97 Å². The normalized spacial score (nSPS) is 10.4. The summed E-state index contributed by atoms with van der Waals surface area (Å²) in [6.45, 7) is 2.76. The van der Waals surface area contributed by atoms with Crippen LogP contribution in [-0.4, -0.2) is 67.8 Å². The zero-order valence-electron chi connectivity index (χ0n) is 11.3. The van der Waals surface area contributed by atoms with Crippen LogP contribution in [-0.2, 0) is 14.2 Å². The number of carboxylic acid groups (broad SMARTS) is 1. The summed E-state index contributed by atoms with van der Waals surface area (Å²) in [6, 6.07) is 0. The highest BCUT2D eigenvalue weighted by atomic mass is 16.6. The van der Waals surface area contributed by atoms with Crippen molar-refractivity contribution in [2.24, 2.45) is 0 Å². The van der Waals surface area contributed by atoms with Gasteiger partial charge in [-0.15, -0.1) is 0 Å². The third-order valence-corrected chi connectivity index (χ3v) is 2.13. The summed E-state index contributed by atoms with van der Waals surface area (Å²) in [6.07, 6.45) is 2.40. The van der Waals surface area contributed by atoms with Crippen LogP contribution in [0.2, 0.25) is 0 Å². The minimum atomic E-state index is -1.12. The first-order valence-corrected chi connectivity index (χ1v) is 6.06. The number of rotatable bonds is 11. The largest absolute Gasteiger partial charge is 0.476 e. The van der Waals surface area contributed by atoms with E-state index in [4.69, 9.17) is 24.1 Å². The van der Waals surface area contributed by atoms with Gasteiger partial charge in [-0.1, -0.05) is 0 Å². The standard InChI is InChI=1S/C12H18N2O6/c1-17-2-3-18-4-5-19-6-7-20-11-9-13-10(8-14-11)12(15)16/h8-9H,2-7H2,1H3,(H,15,16). The molecule has 1 heterocycles. The van der Waals surface area contributed by atoms with Crippen molar-refractivity contribution < 1.29 is 28.8 Å². The molecule has 0 spiro atoms. The maximum atomic E-state index is 10.6. The highest BCUT2D eigenvalue weighted by Gasteiger charge is 2.04. The van der Waals surface area contributed by atoms with E-state index in [1.807, 2.05) is 0 Å². The highest BCUT2D eigenvalue weighted by Crippen LogP contribution is 2.03. The van der Waals surface area contributed by atoms with Gasteiger partial charge >= 0.3 is 5.97 Å². The van der Waals surface area contributed by atoms with Gasteiger partial charge in [0.2, 0.25) is 5.88 Å². The fourth-order valence-corrected chi connectivity index (χ4v) is 1.17. The van der Waals surface area contributed by atoms with Crippen molar-refractivity contribution in [3.8, 4) is 5.88 Å². The van der Waals surface area contributed by atoms with Crippen LogP contribution in [0.3, 0.4) is 0 Å². The molecule has 20 heavy (non-hydrogen) atoms. The Morgan fingerprint density at radius 1 is 1.05 bits per heavy atom. The average Bonchev–Trinajstić information content (AvgIpc) is 2.46. The van der Waals surface area contributed by atoms with Crippen LogP contribution in [0.1, 0.15) is 10.5 Å². The Kier molecular flexibility index (Phi) is 8.20. The summed E-state index contributed by atoms with van der Waals surface area (Å²) >= 11 is 0. The Hall–Kier alpha value is -1.77. The van der Waals surface area contributed by atoms with Crippen molar-refractivity contribution in [1.29, 1.82) is 0 Å². The van der Waals surface area contributed by atoms with E-state index in [0.29, 0.717) is 39.6 Å². The molecule has 0 fully saturated rings. The summed E-state index contributed by atoms with van der Waals surface area (Å²) < 4.78 is 20.5. The highest BCUT2D eigenvalue weighted by molar-refractivity contribution is 5.84. The zero-order valence-corrected chi connectivity index (χ0v) is 11.3. The van der Waals surface area contributed by atoms with Crippen molar-refractivity contribution in [1.82, 2.24) is 9.97 Å². The second-order valence-corrected chi connectivity index (χ2v) is 3.61. The van der Waals surface area contributed by atoms with Crippen molar-refractivity contribution >= 4 is 5.97 Å². The topological polar surface area (TPSA) is 100 Å². The zero-order chi connectivity index (χ0) is 14.6. The van der Waals surface area contributed by atoms with Crippen LogP contribution in [0.4, 0.5) is 0 Å². The first-order chi connectivity index (χ1) is 9.74. The number of carbonyl (C=O) groups is 1. The van der Waals surface area contributed by atoms with Crippen LogP contribution in [0.15, 0.2) is 12.4 Å². The van der Waals surface area contributed by atoms with E-state index in [0.717, 1.165) is 6.20 Å². The summed E-state index contributed by atoms with van der Waals surface area (Å²) in [4.78, 5) is 18.0. The van der Waals surface area contributed by atoms with Crippen LogP contribution in [0.5, 0.6) is 5.88 Å². The van der Waals surface area contributed by atoms with Gasteiger partial charge in [0.1, 0.15) is 6.61 Å². The molecular weight excluding hydrogens is 268 g/mol. The Morgan fingerprint density at radius 3 is 2.25 bits per heavy atom. The molecule has 0 aliphatic carbocycles. The Morgan fingerprint density at radius 2 is 1.70 bits per heavy atom. The lowest BCUT2D eigenvalue weighted by Crippen LogP contribution is -2.13. The van der Waals surface area contributed by atoms with Crippen molar-refractivity contribution in [2.75, 3.05) is 46.8 Å². The van der Waals surface area contributed by atoms with Gasteiger partial charge in [0.25, 0.3) is 0 Å². The molecule has 0 saturated heterocycles. The number of nitrogens with zero attached hydrogens (tertiary/aromatic N) is 2. The minimum absolute atomic E-state index is 0.123. The number of hydrogen-bond donors (Lipinski definition) is 1. The summed E-state index contributed by atoms with van der Waals surface area (Å²) in [7, 11) is 1.61. The van der Waals surface area contributed by atoms with Gasteiger partial charge in [0, 0.05) is 7.11 Å². The van der Waals surface area contributed by atoms with Gasteiger partial charge < -0.3 is 24.1 Å². The van der Waals surface area contributed by atoms with E-state index in [2.05, 4.69) is 9.97 Å². The smallest absolute Gasteiger partial charge is 0.356 e. The lowest BCUT2D eigenvalue weighted by Gasteiger charge is -2.06. The van der Waals surface area contributed by atoms with Gasteiger partial charge in [-0.3, -0.25) is 0 Å². The Labute approximate surface area is 116 Å². The molecule has 1 aromatic heterocycles. The molecule has 8 nitrogen and oxygen atoms in total. The number of carboxylic acids is 1. The average molecular weight is 286 g/mol. The molecule has 0 aliphatic heterocycles. The molecule has 112 valence electrons. The Bertz CT molecular complexity index is 384. The third-order valence-electron chi connectivity index (χ3n) is 2.13. The molecule has 0 atom stereocenters. The molecule has 1 N–H and O–H groups in total. The molecule has 0 amide bonds. The fraction of sp³-hybridized carbons (Fsp3) is 0.583. The summed E-state index contributed by atoms with van der Waals surface area (Å²) in [5.74, 6) is -0.865. The van der Waals surface area contributed by atoms with Crippen molar-refractivity contribution in [3.05, 3.63) is 18.1 Å². The van der Waals surface area contributed by atoms with Gasteiger partial charge in [-0.05, 0) is 0 Å². The third kappa shape index (κ3) is 6.98. The Balaban J connectivity index is 2.02.